The molecule has 5 nitrogen and oxygen atoms in total. The molecule has 1 unspecified atom stereocenters. The van der Waals surface area contributed by atoms with E-state index in [1.165, 1.54) is 0 Å². The number of hydrogen-bond donors (Lipinski definition) is 2. The lowest BCUT2D eigenvalue weighted by Gasteiger charge is -2.24. The molecule has 1 atom stereocenters. The Morgan fingerprint density at radius 1 is 1.38 bits per heavy atom. The molecule has 0 aromatic rings. The first-order valence-electron chi connectivity index (χ1n) is 5.96. The number of imide groups is 1. The second kappa shape index (κ2) is 6.60. The van der Waals surface area contributed by atoms with Gasteiger partial charge in [0.05, 0.1) is 6.04 Å². The standard InChI is InChI=1S/C11H21N3O2/c1-3-14(4-2)8-7-12-9-5-6-10(15)13-11(9)16/h9,12H,3-8H2,1-2H3,(H,13,15,16). The minimum absolute atomic E-state index is 0.160. The number of likely N-dealkylation sites (N-methyl/N-ethyl adjacent to an activating group) is 1. The number of nitrogens with one attached hydrogen (secondary N) is 2. The van der Waals surface area contributed by atoms with E-state index >= 15 is 0 Å². The van der Waals surface area contributed by atoms with Crippen molar-refractivity contribution in [3.8, 4) is 0 Å². The summed E-state index contributed by atoms with van der Waals surface area (Å²) in [6.45, 7) is 8.00. The third kappa shape index (κ3) is 3.90. The average molecular weight is 227 g/mol. The smallest absolute Gasteiger partial charge is 0.243 e. The van der Waals surface area contributed by atoms with Gasteiger partial charge in [0.15, 0.2) is 0 Å². The summed E-state index contributed by atoms with van der Waals surface area (Å²) in [5.41, 5.74) is 0. The van der Waals surface area contributed by atoms with Gasteiger partial charge in [-0.05, 0) is 19.5 Å². The summed E-state index contributed by atoms with van der Waals surface area (Å²) in [5.74, 6) is -0.345. The molecule has 2 N–H and O–H groups in total. The molecular weight excluding hydrogens is 206 g/mol. The molecule has 1 fully saturated rings. The molecule has 0 aliphatic carbocycles. The normalized spacial score (nSPS) is 21.3. The van der Waals surface area contributed by atoms with E-state index in [-0.39, 0.29) is 17.9 Å². The Bertz CT molecular complexity index is 252. The van der Waals surface area contributed by atoms with Gasteiger partial charge in [-0.15, -0.1) is 0 Å². The molecule has 0 radical (unpaired) electrons. The lowest BCUT2D eigenvalue weighted by molar-refractivity contribution is -0.134. The predicted molar refractivity (Wildman–Crippen MR) is 62.0 cm³/mol. The van der Waals surface area contributed by atoms with Crippen LogP contribution in [0.25, 0.3) is 0 Å². The van der Waals surface area contributed by atoms with E-state index < -0.39 is 0 Å². The van der Waals surface area contributed by atoms with Crippen molar-refractivity contribution in [1.29, 1.82) is 0 Å². The molecule has 16 heavy (non-hydrogen) atoms. The predicted octanol–water partition coefficient (Wildman–Crippen LogP) is -0.277. The van der Waals surface area contributed by atoms with Crippen LogP contribution in [-0.4, -0.2) is 48.9 Å². The van der Waals surface area contributed by atoms with Gasteiger partial charge in [0, 0.05) is 19.5 Å². The molecule has 1 aliphatic heterocycles. The zero-order valence-electron chi connectivity index (χ0n) is 10.1. The van der Waals surface area contributed by atoms with Crippen LogP contribution in [0.5, 0.6) is 0 Å². The summed E-state index contributed by atoms with van der Waals surface area (Å²) in [6, 6.07) is -0.201. The van der Waals surface area contributed by atoms with E-state index in [0.29, 0.717) is 12.8 Å². The molecule has 1 heterocycles. The molecular formula is C11H21N3O2. The zero-order chi connectivity index (χ0) is 12.0. The van der Waals surface area contributed by atoms with Gasteiger partial charge in [0.2, 0.25) is 11.8 Å². The maximum atomic E-state index is 11.4. The van der Waals surface area contributed by atoms with E-state index in [0.717, 1.165) is 26.2 Å². The fourth-order valence-corrected chi connectivity index (χ4v) is 1.83. The first-order chi connectivity index (χ1) is 7.67. The van der Waals surface area contributed by atoms with Gasteiger partial charge in [0.1, 0.15) is 0 Å². The number of nitrogens with zero attached hydrogens (tertiary/aromatic N) is 1. The molecule has 5 heteroatoms. The average Bonchev–Trinajstić information content (AvgIpc) is 2.27. The molecule has 0 aromatic carbocycles. The molecule has 2 amide bonds. The van der Waals surface area contributed by atoms with Crippen molar-refractivity contribution < 1.29 is 9.59 Å². The Balaban J connectivity index is 2.22. The van der Waals surface area contributed by atoms with Crippen molar-refractivity contribution >= 4 is 11.8 Å². The second-order valence-electron chi connectivity index (χ2n) is 3.98. The third-order valence-corrected chi connectivity index (χ3v) is 2.95. The van der Waals surface area contributed by atoms with Crippen LogP contribution < -0.4 is 10.6 Å². The largest absolute Gasteiger partial charge is 0.305 e. The fourth-order valence-electron chi connectivity index (χ4n) is 1.83. The number of hydrogen-bond acceptors (Lipinski definition) is 4. The number of carbonyl (C=O) groups excluding carboxylic acids is 2. The molecule has 0 spiro atoms. The lowest BCUT2D eigenvalue weighted by atomic mass is 10.1. The Morgan fingerprint density at radius 2 is 2.06 bits per heavy atom. The summed E-state index contributed by atoms with van der Waals surface area (Å²) in [6.07, 6.45) is 1.05. The van der Waals surface area contributed by atoms with Gasteiger partial charge in [-0.25, -0.2) is 0 Å². The minimum Gasteiger partial charge on any atom is -0.305 e. The highest BCUT2D eigenvalue weighted by molar-refractivity contribution is 6.00. The first kappa shape index (κ1) is 13.1. The quantitative estimate of drug-likeness (QED) is 0.613. The van der Waals surface area contributed by atoms with Gasteiger partial charge in [-0.2, -0.15) is 0 Å². The molecule has 1 saturated heterocycles. The van der Waals surface area contributed by atoms with E-state index in [1.807, 2.05) is 0 Å². The SMILES string of the molecule is CCN(CC)CCNC1CCC(=O)NC1=O. The van der Waals surface area contributed by atoms with Gasteiger partial charge in [0.25, 0.3) is 0 Å². The molecule has 0 saturated carbocycles. The van der Waals surface area contributed by atoms with E-state index in [4.69, 9.17) is 0 Å². The van der Waals surface area contributed by atoms with Crippen LogP contribution in [-0.2, 0) is 9.59 Å². The third-order valence-electron chi connectivity index (χ3n) is 2.95. The first-order valence-corrected chi connectivity index (χ1v) is 5.96. The Hall–Kier alpha value is -0.940. The number of rotatable bonds is 6. The minimum atomic E-state index is -0.201. The van der Waals surface area contributed by atoms with Crippen molar-refractivity contribution in [3.63, 3.8) is 0 Å². The van der Waals surface area contributed by atoms with Gasteiger partial charge < -0.3 is 10.2 Å². The highest BCUT2D eigenvalue weighted by atomic mass is 16.2. The van der Waals surface area contributed by atoms with Gasteiger partial charge in [-0.3, -0.25) is 14.9 Å². The van der Waals surface area contributed by atoms with Crippen LogP contribution in [0, 0.1) is 0 Å². The monoisotopic (exact) mass is 227 g/mol. The number of carbonyl (C=O) groups is 2. The molecule has 0 bridgehead atoms. The fraction of sp³-hybridized carbons (Fsp3) is 0.818. The maximum Gasteiger partial charge on any atom is 0.243 e. The summed E-state index contributed by atoms with van der Waals surface area (Å²) in [7, 11) is 0. The Kier molecular flexibility index (Phi) is 5.42. The molecule has 1 rings (SSSR count). The topological polar surface area (TPSA) is 61.4 Å². The van der Waals surface area contributed by atoms with Crippen LogP contribution in [0.2, 0.25) is 0 Å². The Labute approximate surface area is 96.6 Å². The van der Waals surface area contributed by atoms with E-state index in [9.17, 15) is 9.59 Å². The van der Waals surface area contributed by atoms with Crippen molar-refractivity contribution in [1.82, 2.24) is 15.5 Å². The van der Waals surface area contributed by atoms with Crippen molar-refractivity contribution in [3.05, 3.63) is 0 Å². The van der Waals surface area contributed by atoms with E-state index in [1.54, 1.807) is 0 Å². The van der Waals surface area contributed by atoms with Crippen LogP contribution in [0.15, 0.2) is 0 Å². The van der Waals surface area contributed by atoms with Gasteiger partial charge in [-0.1, -0.05) is 13.8 Å². The summed E-state index contributed by atoms with van der Waals surface area (Å²) < 4.78 is 0. The van der Waals surface area contributed by atoms with Crippen LogP contribution in [0.3, 0.4) is 0 Å². The molecule has 1 aliphatic rings. The van der Waals surface area contributed by atoms with Crippen molar-refractivity contribution in [2.24, 2.45) is 0 Å². The lowest BCUT2D eigenvalue weighted by Crippen LogP contribution is -2.51. The molecule has 92 valence electrons. The summed E-state index contributed by atoms with van der Waals surface area (Å²) in [5, 5.41) is 5.53. The number of piperidine rings is 1. The highest BCUT2D eigenvalue weighted by Gasteiger charge is 2.25. The van der Waals surface area contributed by atoms with Crippen LogP contribution in [0.4, 0.5) is 0 Å². The number of amides is 2. The highest BCUT2D eigenvalue weighted by Crippen LogP contribution is 2.03. The summed E-state index contributed by atoms with van der Waals surface area (Å²) >= 11 is 0. The second-order valence-corrected chi connectivity index (χ2v) is 3.98. The van der Waals surface area contributed by atoms with Crippen molar-refractivity contribution in [2.45, 2.75) is 32.7 Å². The molecule has 0 aromatic heterocycles. The maximum absolute atomic E-state index is 11.4. The van der Waals surface area contributed by atoms with E-state index in [2.05, 4.69) is 29.4 Å². The van der Waals surface area contributed by atoms with Gasteiger partial charge >= 0.3 is 0 Å². The summed E-state index contributed by atoms with van der Waals surface area (Å²) in [4.78, 5) is 24.6. The van der Waals surface area contributed by atoms with Crippen molar-refractivity contribution in [2.75, 3.05) is 26.2 Å². The van der Waals surface area contributed by atoms with Crippen LogP contribution >= 0.6 is 0 Å². The zero-order valence-corrected chi connectivity index (χ0v) is 10.1. The van der Waals surface area contributed by atoms with Crippen LogP contribution in [0.1, 0.15) is 26.7 Å². The Morgan fingerprint density at radius 3 is 2.62 bits per heavy atom.